The van der Waals surface area contributed by atoms with Gasteiger partial charge < -0.3 is 0 Å². The number of allylic oxidation sites excluding steroid dienone is 4. The van der Waals surface area contributed by atoms with Crippen LogP contribution in [0.3, 0.4) is 0 Å². The van der Waals surface area contributed by atoms with Crippen LogP contribution in [0.4, 0.5) is 0 Å². The van der Waals surface area contributed by atoms with E-state index in [0.29, 0.717) is 0 Å². The first-order valence-corrected chi connectivity index (χ1v) is 4.64. The third-order valence-corrected chi connectivity index (χ3v) is 3.57. The van der Waals surface area contributed by atoms with Crippen LogP contribution >= 0.6 is 0 Å². The molecule has 0 saturated carbocycles. The predicted molar refractivity (Wildman–Crippen MR) is 45.8 cm³/mol. The highest BCUT2D eigenvalue weighted by Gasteiger charge is 2.12. The van der Waals surface area contributed by atoms with Gasteiger partial charge in [0.25, 0.3) is 0 Å². The lowest BCUT2D eigenvalue weighted by molar-refractivity contribution is 1.21. The largest absolute Gasteiger partial charge is 0.0779 e. The van der Waals surface area contributed by atoms with Crippen molar-refractivity contribution < 1.29 is 0 Å². The van der Waals surface area contributed by atoms with E-state index in [1.807, 2.05) is 0 Å². The van der Waals surface area contributed by atoms with Crippen LogP contribution in [0.15, 0.2) is 22.8 Å². The minimum absolute atomic E-state index is 0.824. The first-order chi connectivity index (χ1) is 4.13. The molecule has 50 valence electrons. The molecule has 0 fully saturated rings. The summed E-state index contributed by atoms with van der Waals surface area (Å²) in [6.45, 7) is 6.68. The predicted octanol–water partition coefficient (Wildman–Crippen LogP) is 1.44. The van der Waals surface area contributed by atoms with E-state index in [-0.39, 0.29) is 0 Å². The van der Waals surface area contributed by atoms with E-state index in [1.165, 1.54) is 21.4 Å². The highest BCUT2D eigenvalue weighted by atomic mass is 28.1. The van der Waals surface area contributed by atoms with E-state index in [4.69, 9.17) is 0 Å². The molecular formula is C8H14Si. The number of hydrogen-bond donors (Lipinski definition) is 0. The summed E-state index contributed by atoms with van der Waals surface area (Å²) in [4.78, 5) is 0. The summed E-state index contributed by atoms with van der Waals surface area (Å²) in [5, 5.41) is 0. The standard InChI is InChI=1S/C8H14Si/c1-5-4-8(9)7(3)6(5)2/h4,8H,1-3,9H3. The molecule has 0 N–H and O–H groups in total. The summed E-state index contributed by atoms with van der Waals surface area (Å²) in [6, 6.07) is 0. The first-order valence-electron chi connectivity index (χ1n) is 3.49. The van der Waals surface area contributed by atoms with Gasteiger partial charge in [-0.1, -0.05) is 17.2 Å². The summed E-state index contributed by atoms with van der Waals surface area (Å²) in [6.07, 6.45) is 2.39. The van der Waals surface area contributed by atoms with Crippen LogP contribution in [-0.2, 0) is 0 Å². The molecule has 1 atom stereocenters. The van der Waals surface area contributed by atoms with Gasteiger partial charge in [0.2, 0.25) is 0 Å². The molecule has 1 aliphatic rings. The highest BCUT2D eigenvalue weighted by Crippen LogP contribution is 2.31. The average molecular weight is 138 g/mol. The Kier molecular flexibility index (Phi) is 1.62. The van der Waals surface area contributed by atoms with Gasteiger partial charge in [-0.25, -0.2) is 0 Å². The SMILES string of the molecule is CC1=CC([SiH3])C(C)=C1C. The summed E-state index contributed by atoms with van der Waals surface area (Å²) < 4.78 is 0. The van der Waals surface area contributed by atoms with Gasteiger partial charge in [0.15, 0.2) is 0 Å². The molecule has 9 heavy (non-hydrogen) atoms. The van der Waals surface area contributed by atoms with Crippen molar-refractivity contribution in [3.63, 3.8) is 0 Å². The average Bonchev–Trinajstić information content (AvgIpc) is 1.98. The van der Waals surface area contributed by atoms with Crippen molar-refractivity contribution in [2.75, 3.05) is 0 Å². The van der Waals surface area contributed by atoms with E-state index in [9.17, 15) is 0 Å². The van der Waals surface area contributed by atoms with Crippen molar-refractivity contribution in [2.45, 2.75) is 26.3 Å². The summed E-state index contributed by atoms with van der Waals surface area (Å²) in [7, 11) is 1.28. The van der Waals surface area contributed by atoms with Crippen molar-refractivity contribution in [1.82, 2.24) is 0 Å². The second-order valence-electron chi connectivity index (χ2n) is 2.95. The zero-order valence-corrected chi connectivity index (χ0v) is 8.65. The molecule has 0 aromatic carbocycles. The topological polar surface area (TPSA) is 0 Å². The van der Waals surface area contributed by atoms with Gasteiger partial charge in [0.05, 0.1) is 0 Å². The Bertz CT molecular complexity index is 187. The van der Waals surface area contributed by atoms with Crippen molar-refractivity contribution >= 4 is 10.2 Å². The van der Waals surface area contributed by atoms with Gasteiger partial charge in [0, 0.05) is 10.2 Å². The molecule has 0 aromatic rings. The lowest BCUT2D eigenvalue weighted by Crippen LogP contribution is -1.84. The van der Waals surface area contributed by atoms with Crippen LogP contribution in [0.25, 0.3) is 0 Å². The molecule has 0 nitrogen and oxygen atoms in total. The monoisotopic (exact) mass is 138 g/mol. The van der Waals surface area contributed by atoms with Gasteiger partial charge in [-0.15, -0.1) is 0 Å². The Morgan fingerprint density at radius 3 is 2.00 bits per heavy atom. The van der Waals surface area contributed by atoms with Gasteiger partial charge >= 0.3 is 0 Å². The normalized spacial score (nSPS) is 27.4. The molecule has 0 radical (unpaired) electrons. The fourth-order valence-electron chi connectivity index (χ4n) is 1.28. The Hall–Kier alpha value is -0.303. The zero-order chi connectivity index (χ0) is 7.02. The van der Waals surface area contributed by atoms with Crippen LogP contribution in [-0.4, -0.2) is 10.2 Å². The van der Waals surface area contributed by atoms with E-state index in [1.54, 1.807) is 5.57 Å². The fraction of sp³-hybridized carbons (Fsp3) is 0.500. The summed E-state index contributed by atoms with van der Waals surface area (Å²) >= 11 is 0. The van der Waals surface area contributed by atoms with Gasteiger partial charge in [-0.3, -0.25) is 0 Å². The Labute approximate surface area is 60.1 Å². The molecule has 0 heterocycles. The molecule has 1 rings (SSSR count). The first kappa shape index (κ1) is 6.81. The third-order valence-electron chi connectivity index (χ3n) is 2.37. The maximum absolute atomic E-state index is 2.39. The van der Waals surface area contributed by atoms with Crippen molar-refractivity contribution in [2.24, 2.45) is 0 Å². The highest BCUT2D eigenvalue weighted by molar-refractivity contribution is 6.15. The van der Waals surface area contributed by atoms with E-state index >= 15 is 0 Å². The molecule has 1 heteroatoms. The molecule has 0 bridgehead atoms. The lowest BCUT2D eigenvalue weighted by Gasteiger charge is -2.00. The summed E-state index contributed by atoms with van der Waals surface area (Å²) in [5.41, 5.74) is 5.44. The van der Waals surface area contributed by atoms with Gasteiger partial charge in [-0.05, 0) is 31.9 Å². The van der Waals surface area contributed by atoms with Crippen LogP contribution in [0.5, 0.6) is 0 Å². The molecular weight excluding hydrogens is 124 g/mol. The van der Waals surface area contributed by atoms with Crippen LogP contribution in [0.2, 0.25) is 5.54 Å². The lowest BCUT2D eigenvalue weighted by atomic mass is 10.1. The van der Waals surface area contributed by atoms with Crippen molar-refractivity contribution in [3.8, 4) is 0 Å². The Balaban J connectivity index is 2.97. The zero-order valence-electron chi connectivity index (χ0n) is 6.65. The maximum atomic E-state index is 2.39. The summed E-state index contributed by atoms with van der Waals surface area (Å²) in [5.74, 6) is 0. The van der Waals surface area contributed by atoms with Crippen molar-refractivity contribution in [3.05, 3.63) is 22.8 Å². The van der Waals surface area contributed by atoms with Gasteiger partial charge in [-0.2, -0.15) is 0 Å². The van der Waals surface area contributed by atoms with E-state index < -0.39 is 0 Å². The van der Waals surface area contributed by atoms with Crippen LogP contribution in [0, 0.1) is 0 Å². The quantitative estimate of drug-likeness (QED) is 0.444. The second kappa shape index (κ2) is 2.14. The fourth-order valence-corrected chi connectivity index (χ4v) is 2.21. The van der Waals surface area contributed by atoms with E-state index in [2.05, 4.69) is 26.8 Å². The van der Waals surface area contributed by atoms with Crippen LogP contribution in [0.1, 0.15) is 20.8 Å². The molecule has 1 unspecified atom stereocenters. The second-order valence-corrected chi connectivity index (χ2v) is 4.19. The maximum Gasteiger partial charge on any atom is 0.0167 e. The van der Waals surface area contributed by atoms with Gasteiger partial charge in [0.1, 0.15) is 0 Å². The Morgan fingerprint density at radius 2 is 1.89 bits per heavy atom. The molecule has 0 aliphatic heterocycles. The molecule has 0 saturated heterocycles. The van der Waals surface area contributed by atoms with Crippen molar-refractivity contribution in [1.29, 1.82) is 0 Å². The number of rotatable bonds is 0. The molecule has 0 spiro atoms. The van der Waals surface area contributed by atoms with E-state index in [0.717, 1.165) is 5.54 Å². The number of hydrogen-bond acceptors (Lipinski definition) is 0. The molecule has 0 aromatic heterocycles. The van der Waals surface area contributed by atoms with Crippen LogP contribution < -0.4 is 0 Å². The minimum Gasteiger partial charge on any atom is -0.0779 e. The Morgan fingerprint density at radius 1 is 1.33 bits per heavy atom. The smallest absolute Gasteiger partial charge is 0.0167 e. The minimum atomic E-state index is 0.824. The molecule has 0 amide bonds. The third kappa shape index (κ3) is 1.01. The molecule has 1 aliphatic carbocycles.